The fraction of sp³-hybridized carbons (Fsp3) is 0.360. The van der Waals surface area contributed by atoms with Crippen LogP contribution in [-0.2, 0) is 19.2 Å². The fourth-order valence-electron chi connectivity index (χ4n) is 5.79. The number of rotatable bonds is 1. The predicted molar refractivity (Wildman–Crippen MR) is 112 cm³/mol. The van der Waals surface area contributed by atoms with Crippen molar-refractivity contribution >= 4 is 23.4 Å². The lowest BCUT2D eigenvalue weighted by Crippen LogP contribution is -2.39. The van der Waals surface area contributed by atoms with Crippen molar-refractivity contribution in [3.63, 3.8) is 0 Å². The molecule has 1 N–H and O–H groups in total. The molecule has 0 bridgehead atoms. The molecule has 0 radical (unpaired) electrons. The van der Waals surface area contributed by atoms with Gasteiger partial charge in [0.05, 0.1) is 11.8 Å². The van der Waals surface area contributed by atoms with Crippen molar-refractivity contribution in [2.75, 3.05) is 7.05 Å². The molecule has 1 aliphatic heterocycles. The van der Waals surface area contributed by atoms with Gasteiger partial charge in [-0.1, -0.05) is 29.8 Å². The maximum absolute atomic E-state index is 13.2. The van der Waals surface area contributed by atoms with Crippen LogP contribution >= 0.6 is 0 Å². The number of carbonyl (C=O) groups is 4. The van der Waals surface area contributed by atoms with Gasteiger partial charge in [-0.3, -0.25) is 24.1 Å². The van der Waals surface area contributed by atoms with Crippen LogP contribution in [0.1, 0.15) is 36.8 Å². The quantitative estimate of drug-likeness (QED) is 0.431. The number of imide groups is 1. The van der Waals surface area contributed by atoms with Crippen LogP contribution in [0.5, 0.6) is 5.75 Å². The highest BCUT2D eigenvalue weighted by Gasteiger charge is 2.55. The molecular formula is C25H23NO5. The molecule has 4 unspecified atom stereocenters. The Hall–Kier alpha value is -3.28. The molecule has 1 aromatic rings. The molecule has 4 atom stereocenters. The molecular weight excluding hydrogens is 394 g/mol. The van der Waals surface area contributed by atoms with Crippen LogP contribution in [-0.4, -0.2) is 40.4 Å². The number of aromatic hydroxyl groups is 1. The minimum Gasteiger partial charge on any atom is -0.507 e. The highest BCUT2D eigenvalue weighted by Crippen LogP contribution is 2.56. The first-order valence-corrected chi connectivity index (χ1v) is 10.5. The normalized spacial score (nSPS) is 30.1. The summed E-state index contributed by atoms with van der Waals surface area (Å²) in [4.78, 5) is 53.0. The Bertz CT molecular complexity index is 1180. The lowest BCUT2D eigenvalue weighted by molar-refractivity contribution is -0.138. The lowest BCUT2D eigenvalue weighted by Gasteiger charge is -2.42. The van der Waals surface area contributed by atoms with Crippen LogP contribution in [0.25, 0.3) is 0 Å². The number of ketones is 2. The Morgan fingerprint density at radius 2 is 1.77 bits per heavy atom. The summed E-state index contributed by atoms with van der Waals surface area (Å²) in [5.41, 5.74) is 3.26. The number of likely N-dealkylation sites (tertiary alicyclic amines) is 1. The highest BCUT2D eigenvalue weighted by atomic mass is 16.3. The SMILES string of the molecule is CC1=CC(=O)C2=C(C1=O)C(c1cccc(C)c1O)C1=CCC3C(=O)N(C)C(=O)C3C1C2. The number of phenolic OH excluding ortho intramolecular Hbond substituents is 1. The van der Waals surface area contributed by atoms with Crippen LogP contribution < -0.4 is 0 Å². The number of nitrogens with zero attached hydrogens (tertiary/aromatic N) is 1. The maximum Gasteiger partial charge on any atom is 0.233 e. The first-order chi connectivity index (χ1) is 14.7. The highest BCUT2D eigenvalue weighted by molar-refractivity contribution is 6.23. The number of aryl methyl sites for hydroxylation is 1. The monoisotopic (exact) mass is 417 g/mol. The van der Waals surface area contributed by atoms with Gasteiger partial charge in [0.15, 0.2) is 11.6 Å². The molecule has 0 spiro atoms. The Kier molecular flexibility index (Phi) is 4.19. The molecule has 158 valence electrons. The van der Waals surface area contributed by atoms with Crippen molar-refractivity contribution in [2.45, 2.75) is 32.6 Å². The van der Waals surface area contributed by atoms with E-state index >= 15 is 0 Å². The van der Waals surface area contributed by atoms with E-state index in [0.717, 1.165) is 5.57 Å². The zero-order valence-corrected chi connectivity index (χ0v) is 17.6. The number of hydrogen-bond acceptors (Lipinski definition) is 5. The molecule has 2 amide bonds. The molecule has 1 heterocycles. The molecule has 31 heavy (non-hydrogen) atoms. The van der Waals surface area contributed by atoms with Gasteiger partial charge >= 0.3 is 0 Å². The average Bonchev–Trinajstić information content (AvgIpc) is 2.97. The van der Waals surface area contributed by atoms with Crippen LogP contribution in [0.4, 0.5) is 0 Å². The van der Waals surface area contributed by atoms with Crippen LogP contribution in [0.2, 0.25) is 0 Å². The van der Waals surface area contributed by atoms with Crippen molar-refractivity contribution in [3.8, 4) is 5.75 Å². The van der Waals surface area contributed by atoms with Crippen molar-refractivity contribution in [2.24, 2.45) is 17.8 Å². The number of fused-ring (bicyclic) bond motifs is 3. The van der Waals surface area contributed by atoms with E-state index < -0.39 is 17.8 Å². The summed E-state index contributed by atoms with van der Waals surface area (Å²) in [6.07, 6.45) is 3.98. The van der Waals surface area contributed by atoms with Gasteiger partial charge in [0.25, 0.3) is 0 Å². The summed E-state index contributed by atoms with van der Waals surface area (Å²) in [5, 5.41) is 10.9. The maximum atomic E-state index is 13.2. The van der Waals surface area contributed by atoms with Gasteiger partial charge in [-0.2, -0.15) is 0 Å². The summed E-state index contributed by atoms with van der Waals surface area (Å²) in [5.74, 6) is -2.71. The smallest absolute Gasteiger partial charge is 0.233 e. The molecule has 1 saturated heterocycles. The Morgan fingerprint density at radius 3 is 2.52 bits per heavy atom. The van der Waals surface area contributed by atoms with Gasteiger partial charge in [-0.05, 0) is 44.2 Å². The molecule has 6 nitrogen and oxygen atoms in total. The molecule has 0 aromatic heterocycles. The zero-order chi connectivity index (χ0) is 22.2. The third-order valence-corrected chi connectivity index (χ3v) is 7.37. The topological polar surface area (TPSA) is 91.8 Å². The number of phenols is 1. The first kappa shape index (κ1) is 19.7. The van der Waals surface area contributed by atoms with Gasteiger partial charge in [-0.25, -0.2) is 0 Å². The summed E-state index contributed by atoms with van der Waals surface area (Å²) in [6, 6.07) is 5.37. The first-order valence-electron chi connectivity index (χ1n) is 10.5. The third kappa shape index (κ3) is 2.57. The van der Waals surface area contributed by atoms with E-state index in [9.17, 15) is 24.3 Å². The van der Waals surface area contributed by atoms with Crippen LogP contribution in [0.3, 0.4) is 0 Å². The molecule has 6 heteroatoms. The van der Waals surface area contributed by atoms with E-state index in [1.54, 1.807) is 26.0 Å². The van der Waals surface area contributed by atoms with E-state index in [0.29, 0.717) is 34.3 Å². The third-order valence-electron chi connectivity index (χ3n) is 7.37. The van der Waals surface area contributed by atoms with Crippen molar-refractivity contribution in [1.82, 2.24) is 4.90 Å². The lowest BCUT2D eigenvalue weighted by atomic mass is 9.59. The minimum absolute atomic E-state index is 0.0846. The summed E-state index contributed by atoms with van der Waals surface area (Å²) >= 11 is 0. The number of amides is 2. The van der Waals surface area contributed by atoms with E-state index in [1.807, 2.05) is 12.1 Å². The molecule has 4 aliphatic rings. The number of Topliss-reactive ketones (excluding diaryl/α,β-unsaturated/α-hetero) is 1. The largest absolute Gasteiger partial charge is 0.507 e. The molecule has 5 rings (SSSR count). The van der Waals surface area contributed by atoms with Gasteiger partial charge in [0.1, 0.15) is 5.75 Å². The van der Waals surface area contributed by atoms with Gasteiger partial charge in [0, 0.05) is 35.2 Å². The van der Waals surface area contributed by atoms with Crippen molar-refractivity contribution in [1.29, 1.82) is 0 Å². The second-order valence-corrected chi connectivity index (χ2v) is 8.98. The van der Waals surface area contributed by atoms with E-state index in [2.05, 4.69) is 0 Å². The molecule has 1 fully saturated rings. The fourth-order valence-corrected chi connectivity index (χ4v) is 5.79. The number of carbonyl (C=O) groups excluding carboxylic acids is 4. The Labute approximate surface area is 179 Å². The van der Waals surface area contributed by atoms with E-state index in [4.69, 9.17) is 0 Å². The van der Waals surface area contributed by atoms with Crippen molar-refractivity contribution in [3.05, 3.63) is 63.8 Å². The van der Waals surface area contributed by atoms with E-state index in [-0.39, 0.29) is 41.5 Å². The van der Waals surface area contributed by atoms with E-state index in [1.165, 1.54) is 18.0 Å². The number of hydrogen-bond donors (Lipinski definition) is 1. The van der Waals surface area contributed by atoms with Crippen LogP contribution in [0.15, 0.2) is 52.6 Å². The van der Waals surface area contributed by atoms with Crippen molar-refractivity contribution < 1.29 is 24.3 Å². The van der Waals surface area contributed by atoms with Crippen LogP contribution in [0, 0.1) is 24.7 Å². The number of para-hydroxylation sites is 1. The van der Waals surface area contributed by atoms with Gasteiger partial charge in [0.2, 0.25) is 11.8 Å². The Morgan fingerprint density at radius 1 is 1.03 bits per heavy atom. The second kappa shape index (κ2) is 6.61. The molecule has 3 aliphatic carbocycles. The van der Waals surface area contributed by atoms with Gasteiger partial charge < -0.3 is 5.11 Å². The molecule has 0 saturated carbocycles. The summed E-state index contributed by atoms with van der Waals surface area (Å²) < 4.78 is 0. The Balaban J connectivity index is 1.75. The van der Waals surface area contributed by atoms with Gasteiger partial charge in [-0.15, -0.1) is 0 Å². The standard InChI is InChI=1S/C25H23NO5/c1-11-5-4-6-14(22(11)28)19-13-7-8-15-20(25(31)26(3)24(15)30)16(13)10-17-18(27)9-12(2)23(29)21(17)19/h4-7,9,15-16,19-20,28H,8,10H2,1-3H3. The average molecular weight is 417 g/mol. The second-order valence-electron chi connectivity index (χ2n) is 8.98. The summed E-state index contributed by atoms with van der Waals surface area (Å²) in [7, 11) is 1.50. The molecule has 1 aromatic carbocycles. The predicted octanol–water partition coefficient (Wildman–Crippen LogP) is 2.76. The number of allylic oxidation sites excluding steroid dienone is 6. The number of benzene rings is 1. The minimum atomic E-state index is -0.608. The zero-order valence-electron chi connectivity index (χ0n) is 17.6. The summed E-state index contributed by atoms with van der Waals surface area (Å²) in [6.45, 7) is 3.41.